The first-order valence-electron chi connectivity index (χ1n) is 2.84. The minimum absolute atomic E-state index is 0. The largest absolute Gasteiger partial charge is 1.00 e. The van der Waals surface area contributed by atoms with Gasteiger partial charge in [0.2, 0.25) is 0 Å². The molecule has 0 saturated heterocycles. The van der Waals surface area contributed by atoms with Gasteiger partial charge < -0.3 is 5.11 Å². The fourth-order valence-corrected chi connectivity index (χ4v) is 0.672. The van der Waals surface area contributed by atoms with Gasteiger partial charge in [-0.2, -0.15) is 13.2 Å². The molecule has 0 spiro atoms. The monoisotopic (exact) mass is 184 g/mol. The van der Waals surface area contributed by atoms with E-state index in [1.54, 1.807) is 0 Å². The summed E-state index contributed by atoms with van der Waals surface area (Å²) in [6.07, 6.45) is -4.42. The van der Waals surface area contributed by atoms with Crippen LogP contribution in [0.1, 0.15) is 5.56 Å². The van der Waals surface area contributed by atoms with Gasteiger partial charge in [-0.3, -0.25) is 0 Å². The van der Waals surface area contributed by atoms with Crippen LogP contribution in [0.15, 0.2) is 24.3 Å². The van der Waals surface area contributed by atoms with Gasteiger partial charge in [-0.15, -0.1) is 5.75 Å². The molecule has 0 N–H and O–H groups in total. The molecule has 0 atom stereocenters. The molecule has 0 saturated carbocycles. The van der Waals surface area contributed by atoms with E-state index in [1.807, 2.05) is 0 Å². The van der Waals surface area contributed by atoms with Crippen LogP contribution in [-0.4, -0.2) is 0 Å². The molecule has 0 aromatic heterocycles. The van der Waals surface area contributed by atoms with E-state index >= 15 is 0 Å². The van der Waals surface area contributed by atoms with Crippen LogP contribution >= 0.6 is 0 Å². The molecule has 1 aromatic rings. The third-order valence-corrected chi connectivity index (χ3v) is 1.16. The number of alkyl halides is 3. The first-order chi connectivity index (χ1) is 5.00. The van der Waals surface area contributed by atoms with Gasteiger partial charge >= 0.3 is 35.7 Å². The molecular weight excluding hydrogens is 180 g/mol. The van der Waals surface area contributed by atoms with E-state index < -0.39 is 17.5 Å². The maximum Gasteiger partial charge on any atom is 1.00 e. The predicted molar refractivity (Wildman–Crippen MR) is 30.9 cm³/mol. The summed E-state index contributed by atoms with van der Waals surface area (Å²) in [6, 6.07) is 3.60. The van der Waals surface area contributed by atoms with Gasteiger partial charge in [0.15, 0.2) is 0 Å². The van der Waals surface area contributed by atoms with Crippen molar-refractivity contribution < 1.29 is 47.8 Å². The summed E-state index contributed by atoms with van der Waals surface area (Å²) in [4.78, 5) is 0. The molecule has 0 aliphatic heterocycles. The topological polar surface area (TPSA) is 23.1 Å². The van der Waals surface area contributed by atoms with Gasteiger partial charge in [-0.05, 0) is 0 Å². The number of rotatable bonds is 0. The molecular formula is C7H4F3NaO. The molecule has 1 rings (SSSR count). The Bertz CT molecular complexity index is 259. The van der Waals surface area contributed by atoms with Gasteiger partial charge in [0, 0.05) is 0 Å². The maximum absolute atomic E-state index is 11.8. The van der Waals surface area contributed by atoms with Crippen molar-refractivity contribution in [3.63, 3.8) is 0 Å². The Morgan fingerprint density at radius 1 is 1.17 bits per heavy atom. The second kappa shape index (κ2) is 4.16. The SMILES string of the molecule is [Na+].[O-]c1cccc(C(F)(F)F)c1. The first-order valence-corrected chi connectivity index (χ1v) is 2.84. The Balaban J connectivity index is 0.00000121. The summed E-state index contributed by atoms with van der Waals surface area (Å²) >= 11 is 0. The normalized spacial score (nSPS) is 10.6. The van der Waals surface area contributed by atoms with Crippen LogP contribution in [0.2, 0.25) is 0 Å². The summed E-state index contributed by atoms with van der Waals surface area (Å²) < 4.78 is 35.5. The van der Waals surface area contributed by atoms with E-state index in [0.29, 0.717) is 6.07 Å². The van der Waals surface area contributed by atoms with Gasteiger partial charge in [0.05, 0.1) is 5.56 Å². The number of hydrogen-bond donors (Lipinski definition) is 0. The third kappa shape index (κ3) is 3.05. The zero-order valence-corrected chi connectivity index (χ0v) is 8.35. The van der Waals surface area contributed by atoms with Crippen LogP contribution in [-0.2, 0) is 6.18 Å². The number of halogens is 3. The molecule has 0 radical (unpaired) electrons. The van der Waals surface area contributed by atoms with Crippen molar-refractivity contribution in [2.75, 3.05) is 0 Å². The Hall–Kier alpha value is -0.190. The molecule has 1 nitrogen and oxygen atoms in total. The minimum atomic E-state index is -4.42. The predicted octanol–water partition coefficient (Wildman–Crippen LogP) is -1.22. The minimum Gasteiger partial charge on any atom is -0.872 e. The van der Waals surface area contributed by atoms with Crippen molar-refractivity contribution in [2.24, 2.45) is 0 Å². The van der Waals surface area contributed by atoms with E-state index in [-0.39, 0.29) is 29.6 Å². The van der Waals surface area contributed by atoms with Crippen molar-refractivity contribution in [1.29, 1.82) is 0 Å². The Morgan fingerprint density at radius 2 is 1.75 bits per heavy atom. The van der Waals surface area contributed by atoms with Gasteiger partial charge in [-0.1, -0.05) is 24.3 Å². The fourth-order valence-electron chi connectivity index (χ4n) is 0.672. The average molecular weight is 184 g/mol. The second-order valence-corrected chi connectivity index (χ2v) is 2.03. The van der Waals surface area contributed by atoms with Crippen LogP contribution in [0.25, 0.3) is 0 Å². The summed E-state index contributed by atoms with van der Waals surface area (Å²) in [6.45, 7) is 0. The number of benzene rings is 1. The smallest absolute Gasteiger partial charge is 0.872 e. The van der Waals surface area contributed by atoms with Crippen molar-refractivity contribution in [1.82, 2.24) is 0 Å². The molecule has 60 valence electrons. The first kappa shape index (κ1) is 11.8. The van der Waals surface area contributed by atoms with E-state index in [1.165, 1.54) is 0 Å². The van der Waals surface area contributed by atoms with Crippen molar-refractivity contribution in [3.05, 3.63) is 29.8 Å². The molecule has 12 heavy (non-hydrogen) atoms. The van der Waals surface area contributed by atoms with Crippen LogP contribution in [0.3, 0.4) is 0 Å². The maximum atomic E-state index is 11.8. The number of hydrogen-bond acceptors (Lipinski definition) is 1. The fraction of sp³-hybridized carbons (Fsp3) is 0.143. The van der Waals surface area contributed by atoms with Crippen molar-refractivity contribution >= 4 is 0 Å². The van der Waals surface area contributed by atoms with E-state index in [2.05, 4.69) is 0 Å². The third-order valence-electron chi connectivity index (χ3n) is 1.16. The molecule has 0 bridgehead atoms. The van der Waals surface area contributed by atoms with E-state index in [0.717, 1.165) is 18.2 Å². The summed E-state index contributed by atoms with van der Waals surface area (Å²) in [5.74, 6) is -0.625. The zero-order valence-electron chi connectivity index (χ0n) is 6.35. The van der Waals surface area contributed by atoms with E-state index in [4.69, 9.17) is 0 Å². The Morgan fingerprint density at radius 3 is 2.08 bits per heavy atom. The standard InChI is InChI=1S/C7H5F3O.Na/c8-7(9,10)5-2-1-3-6(11)4-5;/h1-4,11H;/q;+1/p-1. The summed E-state index contributed by atoms with van der Waals surface area (Å²) in [7, 11) is 0. The van der Waals surface area contributed by atoms with Crippen LogP contribution in [0, 0.1) is 0 Å². The van der Waals surface area contributed by atoms with Crippen molar-refractivity contribution in [2.45, 2.75) is 6.18 Å². The molecule has 0 unspecified atom stereocenters. The average Bonchev–Trinajstić information content (AvgIpc) is 1.86. The van der Waals surface area contributed by atoms with Gasteiger partial charge in [0.1, 0.15) is 0 Å². The van der Waals surface area contributed by atoms with Gasteiger partial charge in [0.25, 0.3) is 0 Å². The van der Waals surface area contributed by atoms with Gasteiger partial charge in [-0.25, -0.2) is 0 Å². The van der Waals surface area contributed by atoms with Crippen LogP contribution in [0.4, 0.5) is 13.2 Å². The molecule has 5 heteroatoms. The van der Waals surface area contributed by atoms with Crippen LogP contribution in [0.5, 0.6) is 5.75 Å². The molecule has 0 amide bonds. The van der Waals surface area contributed by atoms with E-state index in [9.17, 15) is 18.3 Å². The molecule has 0 aliphatic rings. The van der Waals surface area contributed by atoms with Crippen molar-refractivity contribution in [3.8, 4) is 5.75 Å². The second-order valence-electron chi connectivity index (χ2n) is 2.03. The van der Waals surface area contributed by atoms with Crippen LogP contribution < -0.4 is 34.7 Å². The molecule has 1 aromatic carbocycles. The zero-order chi connectivity index (χ0) is 8.48. The Kier molecular flexibility index (Phi) is 4.10. The summed E-state index contributed by atoms with van der Waals surface area (Å²) in [5.41, 5.74) is -0.898. The summed E-state index contributed by atoms with van der Waals surface area (Å²) in [5, 5.41) is 10.4. The Labute approximate surface area is 89.5 Å². The molecule has 0 aliphatic carbocycles. The quantitative estimate of drug-likeness (QED) is 0.463. The molecule has 0 fully saturated rings. The molecule has 0 heterocycles.